The maximum Gasteiger partial charge on any atom is 0.140 e. The van der Waals surface area contributed by atoms with Crippen molar-refractivity contribution in [3.8, 4) is 0 Å². The Kier molecular flexibility index (Phi) is 1.90. The molecule has 0 amide bonds. The fourth-order valence-corrected chi connectivity index (χ4v) is 2.58. The van der Waals surface area contributed by atoms with E-state index in [0.29, 0.717) is 5.78 Å². The van der Waals surface area contributed by atoms with Gasteiger partial charge in [0.25, 0.3) is 0 Å². The Morgan fingerprint density at radius 3 is 2.44 bits per heavy atom. The molecule has 1 saturated carbocycles. The van der Waals surface area contributed by atoms with E-state index >= 15 is 0 Å². The summed E-state index contributed by atoms with van der Waals surface area (Å²) in [6.07, 6.45) is 2.02. The minimum atomic E-state index is -0.166. The third kappa shape index (κ3) is 1.21. The highest BCUT2D eigenvalue weighted by molar-refractivity contribution is 5.97. The number of Topliss-reactive ketones (excluding diaryl/α,β-unsaturated/α-hetero) is 1. The molecule has 0 aliphatic heterocycles. The lowest BCUT2D eigenvalue weighted by Gasteiger charge is -2.14. The topological polar surface area (TPSA) is 17.1 Å². The third-order valence-corrected chi connectivity index (χ3v) is 3.73. The van der Waals surface area contributed by atoms with E-state index in [1.54, 1.807) is 6.92 Å². The lowest BCUT2D eigenvalue weighted by Crippen LogP contribution is -2.17. The van der Waals surface area contributed by atoms with Crippen LogP contribution in [0.2, 0.25) is 0 Å². The molecule has 0 spiro atoms. The molecule has 1 heteroatoms. The molecule has 1 nitrogen and oxygen atoms in total. The van der Waals surface area contributed by atoms with Gasteiger partial charge in [0.15, 0.2) is 0 Å². The number of fused-ring (bicyclic) bond motifs is 1. The van der Waals surface area contributed by atoms with Crippen molar-refractivity contribution in [2.45, 2.75) is 25.2 Å². The van der Waals surface area contributed by atoms with E-state index in [0.717, 1.165) is 12.8 Å². The Bertz CT molecular complexity index is 559. The molecule has 0 saturated heterocycles. The predicted molar refractivity (Wildman–Crippen MR) is 65.5 cm³/mol. The molecular weight excluding hydrogens is 196 g/mol. The molecule has 0 aromatic heterocycles. The third-order valence-electron chi connectivity index (χ3n) is 3.73. The zero-order valence-electron chi connectivity index (χ0n) is 9.36. The van der Waals surface area contributed by atoms with Gasteiger partial charge in [0.05, 0.1) is 5.41 Å². The largest absolute Gasteiger partial charge is 0.299 e. The summed E-state index contributed by atoms with van der Waals surface area (Å²) in [4.78, 5) is 11.8. The molecular formula is C15H14O. The molecule has 0 atom stereocenters. The van der Waals surface area contributed by atoms with Crippen LogP contribution in [0.1, 0.15) is 25.3 Å². The Balaban J connectivity index is 2.29. The molecule has 80 valence electrons. The first kappa shape index (κ1) is 9.59. The second-order valence-corrected chi connectivity index (χ2v) is 4.67. The maximum atomic E-state index is 11.8. The van der Waals surface area contributed by atoms with Gasteiger partial charge in [-0.3, -0.25) is 4.79 Å². The number of ketones is 1. The van der Waals surface area contributed by atoms with Crippen molar-refractivity contribution in [2.75, 3.05) is 0 Å². The summed E-state index contributed by atoms with van der Waals surface area (Å²) in [5.74, 6) is 0.309. The number of hydrogen-bond acceptors (Lipinski definition) is 1. The molecule has 0 bridgehead atoms. The van der Waals surface area contributed by atoms with Crippen molar-refractivity contribution in [3.05, 3.63) is 48.0 Å². The molecule has 1 aliphatic rings. The molecule has 1 fully saturated rings. The summed E-state index contributed by atoms with van der Waals surface area (Å²) < 4.78 is 0. The molecule has 2 aromatic carbocycles. The summed E-state index contributed by atoms with van der Waals surface area (Å²) in [6, 6.07) is 14.6. The number of rotatable bonds is 2. The van der Waals surface area contributed by atoms with Gasteiger partial charge in [-0.05, 0) is 36.1 Å². The fraction of sp³-hybridized carbons (Fsp3) is 0.267. The van der Waals surface area contributed by atoms with E-state index in [2.05, 4.69) is 30.3 Å². The quantitative estimate of drug-likeness (QED) is 0.741. The van der Waals surface area contributed by atoms with Crippen LogP contribution >= 0.6 is 0 Å². The van der Waals surface area contributed by atoms with Crippen LogP contribution in [0.3, 0.4) is 0 Å². The molecule has 0 N–H and O–H groups in total. The minimum absolute atomic E-state index is 0.166. The average Bonchev–Trinajstić information content (AvgIpc) is 3.09. The van der Waals surface area contributed by atoms with Crippen LogP contribution in [0.5, 0.6) is 0 Å². The van der Waals surface area contributed by atoms with Crippen LogP contribution in [-0.2, 0) is 10.2 Å². The van der Waals surface area contributed by atoms with Crippen molar-refractivity contribution in [1.29, 1.82) is 0 Å². The lowest BCUT2D eigenvalue weighted by atomic mass is 9.88. The molecule has 3 rings (SSSR count). The second-order valence-electron chi connectivity index (χ2n) is 4.67. The Hall–Kier alpha value is -1.63. The van der Waals surface area contributed by atoms with E-state index in [1.165, 1.54) is 16.3 Å². The van der Waals surface area contributed by atoms with Gasteiger partial charge in [-0.15, -0.1) is 0 Å². The Morgan fingerprint density at radius 2 is 1.75 bits per heavy atom. The molecule has 16 heavy (non-hydrogen) atoms. The predicted octanol–water partition coefficient (Wildman–Crippen LogP) is 3.46. The van der Waals surface area contributed by atoms with Crippen LogP contribution in [0, 0.1) is 0 Å². The van der Waals surface area contributed by atoms with E-state index in [9.17, 15) is 4.79 Å². The molecule has 1 aliphatic carbocycles. The molecule has 0 heterocycles. The zero-order valence-corrected chi connectivity index (χ0v) is 9.36. The summed E-state index contributed by atoms with van der Waals surface area (Å²) in [5, 5.41) is 2.46. The standard InChI is InChI=1S/C15H14O/c1-11(16)15(9-10-15)14-8-4-6-12-5-2-3-7-13(12)14/h2-8H,9-10H2,1H3. The van der Waals surface area contributed by atoms with Crippen molar-refractivity contribution in [2.24, 2.45) is 0 Å². The number of carbonyl (C=O) groups excluding carboxylic acids is 1. The highest BCUT2D eigenvalue weighted by Gasteiger charge is 2.49. The van der Waals surface area contributed by atoms with Gasteiger partial charge in [-0.25, -0.2) is 0 Å². The SMILES string of the molecule is CC(=O)C1(c2cccc3ccccc23)CC1. The highest BCUT2D eigenvalue weighted by atomic mass is 16.1. The average molecular weight is 210 g/mol. The molecule has 0 unspecified atom stereocenters. The van der Waals surface area contributed by atoms with Crippen molar-refractivity contribution in [3.63, 3.8) is 0 Å². The van der Waals surface area contributed by atoms with Crippen molar-refractivity contribution in [1.82, 2.24) is 0 Å². The Morgan fingerprint density at radius 1 is 1.06 bits per heavy atom. The number of benzene rings is 2. The van der Waals surface area contributed by atoms with Crippen molar-refractivity contribution < 1.29 is 4.79 Å². The number of hydrogen-bond donors (Lipinski definition) is 0. The smallest absolute Gasteiger partial charge is 0.140 e. The zero-order chi connectivity index (χ0) is 11.2. The van der Waals surface area contributed by atoms with Gasteiger partial charge >= 0.3 is 0 Å². The first-order chi connectivity index (χ1) is 7.74. The van der Waals surface area contributed by atoms with Gasteiger partial charge in [0.1, 0.15) is 5.78 Å². The molecule has 0 radical (unpaired) electrons. The Labute approximate surface area is 95.1 Å². The van der Waals surface area contributed by atoms with Gasteiger partial charge in [0.2, 0.25) is 0 Å². The summed E-state index contributed by atoms with van der Waals surface area (Å²) in [6.45, 7) is 1.72. The van der Waals surface area contributed by atoms with Gasteiger partial charge in [-0.2, -0.15) is 0 Å². The monoisotopic (exact) mass is 210 g/mol. The van der Waals surface area contributed by atoms with Crippen LogP contribution in [0.4, 0.5) is 0 Å². The first-order valence-electron chi connectivity index (χ1n) is 5.73. The number of carbonyl (C=O) groups is 1. The van der Waals surface area contributed by atoms with Gasteiger partial charge < -0.3 is 0 Å². The van der Waals surface area contributed by atoms with E-state index < -0.39 is 0 Å². The van der Waals surface area contributed by atoms with Crippen LogP contribution in [0.25, 0.3) is 10.8 Å². The fourth-order valence-electron chi connectivity index (χ4n) is 2.58. The van der Waals surface area contributed by atoms with Gasteiger partial charge in [0, 0.05) is 0 Å². The van der Waals surface area contributed by atoms with E-state index in [-0.39, 0.29) is 5.41 Å². The molecule has 2 aromatic rings. The van der Waals surface area contributed by atoms with E-state index in [4.69, 9.17) is 0 Å². The minimum Gasteiger partial charge on any atom is -0.299 e. The summed E-state index contributed by atoms with van der Waals surface area (Å²) in [5.41, 5.74) is 1.05. The van der Waals surface area contributed by atoms with Crippen LogP contribution in [-0.4, -0.2) is 5.78 Å². The van der Waals surface area contributed by atoms with Gasteiger partial charge in [-0.1, -0.05) is 42.5 Å². The highest BCUT2D eigenvalue weighted by Crippen LogP contribution is 2.50. The summed E-state index contributed by atoms with van der Waals surface area (Å²) in [7, 11) is 0. The van der Waals surface area contributed by atoms with E-state index in [1.807, 2.05) is 12.1 Å². The van der Waals surface area contributed by atoms with Crippen LogP contribution < -0.4 is 0 Å². The maximum absolute atomic E-state index is 11.8. The van der Waals surface area contributed by atoms with Crippen molar-refractivity contribution >= 4 is 16.6 Å². The second kappa shape index (κ2) is 3.18. The van der Waals surface area contributed by atoms with Crippen LogP contribution in [0.15, 0.2) is 42.5 Å². The normalized spacial score (nSPS) is 17.3. The summed E-state index contributed by atoms with van der Waals surface area (Å²) >= 11 is 0. The lowest BCUT2D eigenvalue weighted by molar-refractivity contribution is -0.119. The first-order valence-corrected chi connectivity index (χ1v) is 5.73.